The zero-order valence-corrected chi connectivity index (χ0v) is 14.5. The number of nitrogens with zero attached hydrogens (tertiary/aromatic N) is 5. The molecule has 0 amide bonds. The molecule has 1 saturated heterocycles. The second-order valence-corrected chi connectivity index (χ2v) is 6.77. The van der Waals surface area contributed by atoms with E-state index in [4.69, 9.17) is 4.98 Å². The topological polar surface area (TPSA) is 46.8 Å². The summed E-state index contributed by atoms with van der Waals surface area (Å²) in [5.74, 6) is 2.48. The Labute approximate surface area is 148 Å². The van der Waals surface area contributed by atoms with Gasteiger partial charge in [0.05, 0.1) is 6.33 Å². The minimum absolute atomic E-state index is 0.624. The number of imidazole rings is 1. The number of anilines is 1. The molecule has 128 valence electrons. The fourth-order valence-corrected chi connectivity index (χ4v) is 3.55. The quantitative estimate of drug-likeness (QED) is 0.732. The Morgan fingerprint density at radius 2 is 2.04 bits per heavy atom. The van der Waals surface area contributed by atoms with Gasteiger partial charge in [0.15, 0.2) is 5.82 Å². The second kappa shape index (κ2) is 7.05. The van der Waals surface area contributed by atoms with Crippen molar-refractivity contribution >= 4 is 5.82 Å². The summed E-state index contributed by atoms with van der Waals surface area (Å²) in [5.41, 5.74) is 2.08. The Balaban J connectivity index is 1.55. The van der Waals surface area contributed by atoms with Crippen LogP contribution in [0.1, 0.15) is 18.5 Å². The molecule has 25 heavy (non-hydrogen) atoms. The van der Waals surface area contributed by atoms with Crippen LogP contribution in [0.4, 0.5) is 5.82 Å². The zero-order valence-electron chi connectivity index (χ0n) is 14.5. The molecular formula is C20H23N5. The van der Waals surface area contributed by atoms with Crippen molar-refractivity contribution in [1.82, 2.24) is 19.5 Å². The molecule has 0 radical (unpaired) electrons. The van der Waals surface area contributed by atoms with E-state index >= 15 is 0 Å². The summed E-state index contributed by atoms with van der Waals surface area (Å²) in [5, 5.41) is 0. The van der Waals surface area contributed by atoms with Crippen molar-refractivity contribution in [1.29, 1.82) is 0 Å². The van der Waals surface area contributed by atoms with Gasteiger partial charge >= 0.3 is 0 Å². The molecule has 3 heterocycles. The van der Waals surface area contributed by atoms with Gasteiger partial charge in [-0.2, -0.15) is 0 Å². The maximum Gasteiger partial charge on any atom is 0.161 e. The summed E-state index contributed by atoms with van der Waals surface area (Å²) >= 11 is 0. The summed E-state index contributed by atoms with van der Waals surface area (Å²) in [6.07, 6.45) is 8.25. The fraction of sp³-hybridized carbons (Fsp3) is 0.350. The Morgan fingerprint density at radius 3 is 2.84 bits per heavy atom. The highest BCUT2D eigenvalue weighted by atomic mass is 15.2. The lowest BCUT2D eigenvalue weighted by Gasteiger charge is -2.34. The van der Waals surface area contributed by atoms with E-state index in [2.05, 4.69) is 37.6 Å². The minimum Gasteiger partial charge on any atom is -0.356 e. The normalized spacial score (nSPS) is 17.6. The van der Waals surface area contributed by atoms with Crippen LogP contribution in [0.5, 0.6) is 0 Å². The van der Waals surface area contributed by atoms with Gasteiger partial charge in [-0.3, -0.25) is 0 Å². The van der Waals surface area contributed by atoms with E-state index in [1.54, 1.807) is 0 Å². The summed E-state index contributed by atoms with van der Waals surface area (Å²) in [6, 6.07) is 12.3. The molecule has 5 heteroatoms. The van der Waals surface area contributed by atoms with Crippen molar-refractivity contribution in [3.8, 4) is 11.4 Å². The average molecular weight is 333 g/mol. The van der Waals surface area contributed by atoms with Gasteiger partial charge in [-0.25, -0.2) is 15.0 Å². The first-order valence-electron chi connectivity index (χ1n) is 8.90. The maximum atomic E-state index is 4.85. The van der Waals surface area contributed by atoms with Crippen molar-refractivity contribution < 1.29 is 0 Å². The van der Waals surface area contributed by atoms with Crippen LogP contribution in [-0.2, 0) is 6.54 Å². The molecule has 1 aliphatic rings. The number of hydrogen-bond acceptors (Lipinski definition) is 4. The molecule has 0 saturated carbocycles. The molecule has 4 rings (SSSR count). The van der Waals surface area contributed by atoms with Crippen LogP contribution < -0.4 is 4.90 Å². The van der Waals surface area contributed by atoms with Gasteiger partial charge in [-0.05, 0) is 25.7 Å². The number of piperidine rings is 1. The van der Waals surface area contributed by atoms with Gasteiger partial charge in [-0.15, -0.1) is 0 Å². The molecule has 3 aromatic rings. The van der Waals surface area contributed by atoms with Crippen molar-refractivity contribution in [3.05, 3.63) is 60.8 Å². The van der Waals surface area contributed by atoms with Crippen LogP contribution in [0.15, 0.2) is 55.1 Å². The first kappa shape index (κ1) is 15.8. The predicted octanol–water partition coefficient (Wildman–Crippen LogP) is 3.57. The largest absolute Gasteiger partial charge is 0.356 e. The van der Waals surface area contributed by atoms with E-state index < -0.39 is 0 Å². The van der Waals surface area contributed by atoms with Crippen LogP contribution in [0, 0.1) is 12.8 Å². The number of aryl methyl sites for hydroxylation is 1. The molecular weight excluding hydrogens is 310 g/mol. The van der Waals surface area contributed by atoms with Crippen LogP contribution >= 0.6 is 0 Å². The predicted molar refractivity (Wildman–Crippen MR) is 99.4 cm³/mol. The van der Waals surface area contributed by atoms with Crippen LogP contribution in [0.25, 0.3) is 11.4 Å². The van der Waals surface area contributed by atoms with E-state index in [-0.39, 0.29) is 0 Å². The van der Waals surface area contributed by atoms with Crippen LogP contribution in [-0.4, -0.2) is 32.6 Å². The summed E-state index contributed by atoms with van der Waals surface area (Å²) in [6.45, 7) is 5.16. The van der Waals surface area contributed by atoms with E-state index in [1.807, 2.05) is 43.8 Å². The summed E-state index contributed by atoms with van der Waals surface area (Å²) in [7, 11) is 0. The number of aromatic nitrogens is 4. The smallest absolute Gasteiger partial charge is 0.161 e. The third kappa shape index (κ3) is 3.71. The van der Waals surface area contributed by atoms with E-state index in [0.717, 1.165) is 42.5 Å². The van der Waals surface area contributed by atoms with E-state index in [9.17, 15) is 0 Å². The molecule has 1 aromatic carbocycles. The molecule has 0 aliphatic carbocycles. The van der Waals surface area contributed by atoms with Crippen molar-refractivity contribution in [2.75, 3.05) is 18.0 Å². The Bertz CT molecular complexity index is 813. The van der Waals surface area contributed by atoms with Crippen molar-refractivity contribution in [2.24, 2.45) is 5.92 Å². The zero-order chi connectivity index (χ0) is 17.1. The molecule has 2 aromatic heterocycles. The van der Waals surface area contributed by atoms with Gasteiger partial charge in [0, 0.05) is 49.4 Å². The Kier molecular flexibility index (Phi) is 4.46. The number of rotatable bonds is 4. The average Bonchev–Trinajstić information content (AvgIpc) is 3.15. The van der Waals surface area contributed by atoms with Crippen molar-refractivity contribution in [2.45, 2.75) is 26.3 Å². The van der Waals surface area contributed by atoms with Crippen LogP contribution in [0.2, 0.25) is 0 Å². The fourth-order valence-electron chi connectivity index (χ4n) is 3.55. The molecule has 1 fully saturated rings. The summed E-state index contributed by atoms with van der Waals surface area (Å²) < 4.78 is 2.18. The lowest BCUT2D eigenvalue weighted by atomic mass is 9.98. The first-order chi connectivity index (χ1) is 12.3. The third-order valence-electron chi connectivity index (χ3n) is 4.74. The SMILES string of the molecule is Cc1cc(N2CCCC(Cn3ccnc3)C2)nc(-c2ccccc2)n1. The number of benzene rings is 1. The van der Waals surface area contributed by atoms with Gasteiger partial charge < -0.3 is 9.47 Å². The minimum atomic E-state index is 0.624. The highest BCUT2D eigenvalue weighted by Gasteiger charge is 2.22. The van der Waals surface area contributed by atoms with Crippen LogP contribution in [0.3, 0.4) is 0 Å². The molecule has 1 atom stereocenters. The Morgan fingerprint density at radius 1 is 1.16 bits per heavy atom. The van der Waals surface area contributed by atoms with Gasteiger partial charge in [-0.1, -0.05) is 30.3 Å². The lowest BCUT2D eigenvalue weighted by Crippen LogP contribution is -2.37. The van der Waals surface area contributed by atoms with Gasteiger partial charge in [0.2, 0.25) is 0 Å². The number of hydrogen-bond donors (Lipinski definition) is 0. The Hall–Kier alpha value is -2.69. The maximum absolute atomic E-state index is 4.85. The second-order valence-electron chi connectivity index (χ2n) is 6.77. The van der Waals surface area contributed by atoms with E-state index in [1.165, 1.54) is 12.8 Å². The molecule has 0 bridgehead atoms. The monoisotopic (exact) mass is 333 g/mol. The van der Waals surface area contributed by atoms with Crippen molar-refractivity contribution in [3.63, 3.8) is 0 Å². The molecule has 0 spiro atoms. The van der Waals surface area contributed by atoms with E-state index in [0.29, 0.717) is 5.92 Å². The summed E-state index contributed by atoms with van der Waals surface area (Å²) in [4.78, 5) is 16.0. The van der Waals surface area contributed by atoms with Gasteiger partial charge in [0.1, 0.15) is 5.82 Å². The third-order valence-corrected chi connectivity index (χ3v) is 4.74. The standard InChI is InChI=1S/C20H23N5/c1-16-12-19(23-20(22-16)18-7-3-2-4-8-18)25-10-5-6-17(14-25)13-24-11-9-21-15-24/h2-4,7-9,11-12,15,17H,5-6,10,13-14H2,1H3. The highest BCUT2D eigenvalue weighted by molar-refractivity contribution is 5.57. The van der Waals surface area contributed by atoms with Gasteiger partial charge in [0.25, 0.3) is 0 Å². The molecule has 0 N–H and O–H groups in total. The molecule has 1 unspecified atom stereocenters. The lowest BCUT2D eigenvalue weighted by molar-refractivity contribution is 0.365. The highest BCUT2D eigenvalue weighted by Crippen LogP contribution is 2.25. The molecule has 1 aliphatic heterocycles. The molecule has 5 nitrogen and oxygen atoms in total. The first-order valence-corrected chi connectivity index (χ1v) is 8.90.